The number of thiophene rings is 1. The van der Waals surface area contributed by atoms with Crippen LogP contribution in [0, 0.1) is 0 Å². The van der Waals surface area contributed by atoms with Crippen molar-refractivity contribution >= 4 is 33.2 Å². The topological polar surface area (TPSA) is 49.9 Å². The van der Waals surface area contributed by atoms with Crippen molar-refractivity contribution in [2.75, 3.05) is 39.4 Å². The van der Waals surface area contributed by atoms with Gasteiger partial charge in [-0.05, 0) is 35.4 Å². The van der Waals surface area contributed by atoms with Crippen LogP contribution < -0.4 is 0 Å². The largest absolute Gasteiger partial charge is 0.378 e. The van der Waals surface area contributed by atoms with Gasteiger partial charge in [0.2, 0.25) is 5.91 Å². The van der Waals surface area contributed by atoms with Crippen molar-refractivity contribution in [3.8, 4) is 0 Å². The van der Waals surface area contributed by atoms with E-state index in [-0.39, 0.29) is 17.7 Å². The molecule has 0 bridgehead atoms. The number of morpholine rings is 1. The first-order valence-corrected chi connectivity index (χ1v) is 12.2. The van der Waals surface area contributed by atoms with E-state index in [1.807, 2.05) is 40.1 Å². The van der Waals surface area contributed by atoms with Gasteiger partial charge >= 0.3 is 0 Å². The Morgan fingerprint density at radius 1 is 0.938 bits per heavy atom. The molecule has 2 saturated heterocycles. The lowest BCUT2D eigenvalue weighted by atomic mass is 9.94. The maximum absolute atomic E-state index is 13.4. The van der Waals surface area contributed by atoms with Gasteiger partial charge in [0.05, 0.1) is 18.1 Å². The SMILES string of the molecule is O=C(CCc1ccccc1)N1CC[C@@H](c2c(C(=O)N3CCOCC3)sc3ccccc23)C1. The predicted molar refractivity (Wildman–Crippen MR) is 127 cm³/mol. The van der Waals surface area contributed by atoms with E-state index in [1.165, 1.54) is 5.56 Å². The highest BCUT2D eigenvalue weighted by molar-refractivity contribution is 7.21. The first-order chi connectivity index (χ1) is 15.7. The average molecular weight is 449 g/mol. The Morgan fingerprint density at radius 2 is 1.69 bits per heavy atom. The monoisotopic (exact) mass is 448 g/mol. The molecule has 6 heteroatoms. The molecule has 2 fully saturated rings. The van der Waals surface area contributed by atoms with E-state index in [0.29, 0.717) is 39.3 Å². The van der Waals surface area contributed by atoms with Gasteiger partial charge in [0.25, 0.3) is 5.91 Å². The number of benzene rings is 2. The number of carbonyl (C=O) groups excluding carboxylic acids is 2. The Bertz CT molecular complexity index is 1100. The van der Waals surface area contributed by atoms with Crippen LogP contribution in [0.25, 0.3) is 10.1 Å². The molecule has 2 aromatic carbocycles. The second-order valence-corrected chi connectivity index (χ2v) is 9.61. The number of aryl methyl sites for hydroxylation is 1. The van der Waals surface area contributed by atoms with E-state index >= 15 is 0 Å². The maximum Gasteiger partial charge on any atom is 0.264 e. The molecular weight excluding hydrogens is 420 g/mol. The van der Waals surface area contributed by atoms with Crippen LogP contribution in [-0.2, 0) is 16.0 Å². The highest BCUT2D eigenvalue weighted by Gasteiger charge is 2.33. The minimum absolute atomic E-state index is 0.110. The molecule has 0 aliphatic carbocycles. The predicted octanol–water partition coefficient (Wildman–Crippen LogP) is 4.32. The first-order valence-electron chi connectivity index (χ1n) is 11.4. The molecule has 0 radical (unpaired) electrons. The molecule has 0 unspecified atom stereocenters. The number of amides is 2. The third-order valence-electron chi connectivity index (χ3n) is 6.55. The zero-order valence-electron chi connectivity index (χ0n) is 18.2. The maximum atomic E-state index is 13.4. The summed E-state index contributed by atoms with van der Waals surface area (Å²) in [4.78, 5) is 31.1. The van der Waals surface area contributed by atoms with Gasteiger partial charge in [-0.15, -0.1) is 11.3 Å². The van der Waals surface area contributed by atoms with Crippen molar-refractivity contribution in [3.63, 3.8) is 0 Å². The van der Waals surface area contributed by atoms with Gasteiger partial charge in [-0.25, -0.2) is 0 Å². The lowest BCUT2D eigenvalue weighted by Gasteiger charge is -2.27. The van der Waals surface area contributed by atoms with Crippen LogP contribution >= 0.6 is 11.3 Å². The molecule has 2 aliphatic rings. The minimum atomic E-state index is 0.110. The summed E-state index contributed by atoms with van der Waals surface area (Å²) in [5.41, 5.74) is 2.33. The third kappa shape index (κ3) is 4.30. The fraction of sp³-hybridized carbons (Fsp3) is 0.385. The summed E-state index contributed by atoms with van der Waals surface area (Å²) in [5.74, 6) is 0.516. The molecular formula is C26H28N2O3S. The number of hydrogen-bond donors (Lipinski definition) is 0. The first kappa shape index (κ1) is 21.2. The van der Waals surface area contributed by atoms with Crippen molar-refractivity contribution in [2.24, 2.45) is 0 Å². The molecule has 0 N–H and O–H groups in total. The number of nitrogens with zero attached hydrogens (tertiary/aromatic N) is 2. The van der Waals surface area contributed by atoms with Gasteiger partial charge in [0.15, 0.2) is 0 Å². The quantitative estimate of drug-likeness (QED) is 0.584. The van der Waals surface area contributed by atoms with Gasteiger partial charge in [-0.1, -0.05) is 48.5 Å². The van der Waals surface area contributed by atoms with Crippen LogP contribution in [-0.4, -0.2) is 61.0 Å². The van der Waals surface area contributed by atoms with Crippen LogP contribution in [0.4, 0.5) is 0 Å². The van der Waals surface area contributed by atoms with Crippen LogP contribution in [0.2, 0.25) is 0 Å². The Balaban J connectivity index is 1.35. The molecule has 1 atom stereocenters. The molecule has 0 spiro atoms. The highest BCUT2D eigenvalue weighted by atomic mass is 32.1. The Morgan fingerprint density at radius 3 is 2.50 bits per heavy atom. The number of carbonyl (C=O) groups is 2. The van der Waals surface area contributed by atoms with E-state index in [4.69, 9.17) is 4.74 Å². The summed E-state index contributed by atoms with van der Waals surface area (Å²) >= 11 is 1.59. The zero-order chi connectivity index (χ0) is 21.9. The summed E-state index contributed by atoms with van der Waals surface area (Å²) < 4.78 is 6.58. The molecule has 32 heavy (non-hydrogen) atoms. The molecule has 1 aromatic heterocycles. The average Bonchev–Trinajstić information content (AvgIpc) is 3.48. The second-order valence-electron chi connectivity index (χ2n) is 8.56. The van der Waals surface area contributed by atoms with E-state index in [1.54, 1.807) is 11.3 Å². The summed E-state index contributed by atoms with van der Waals surface area (Å²) in [6.45, 7) is 3.92. The van der Waals surface area contributed by atoms with Gasteiger partial charge in [0, 0.05) is 43.2 Å². The summed E-state index contributed by atoms with van der Waals surface area (Å²) in [5, 5.41) is 1.16. The summed E-state index contributed by atoms with van der Waals surface area (Å²) in [6.07, 6.45) is 2.20. The van der Waals surface area contributed by atoms with E-state index in [9.17, 15) is 9.59 Å². The smallest absolute Gasteiger partial charge is 0.264 e. The number of fused-ring (bicyclic) bond motifs is 1. The van der Waals surface area contributed by atoms with Gasteiger partial charge in [0.1, 0.15) is 0 Å². The van der Waals surface area contributed by atoms with Crippen molar-refractivity contribution in [3.05, 3.63) is 70.6 Å². The number of hydrogen-bond acceptors (Lipinski definition) is 4. The molecule has 3 aromatic rings. The van der Waals surface area contributed by atoms with E-state index in [0.717, 1.165) is 39.9 Å². The Hall–Kier alpha value is -2.70. The lowest BCUT2D eigenvalue weighted by molar-refractivity contribution is -0.130. The standard InChI is InChI=1S/C26H28N2O3S/c29-23(11-10-19-6-2-1-3-7-19)28-13-12-20(18-28)24-21-8-4-5-9-22(21)32-25(24)26(30)27-14-16-31-17-15-27/h1-9,20H,10-18H2/t20-/m1/s1. The fourth-order valence-electron chi connectivity index (χ4n) is 4.82. The molecule has 5 rings (SSSR count). The summed E-state index contributed by atoms with van der Waals surface area (Å²) in [6, 6.07) is 18.5. The summed E-state index contributed by atoms with van der Waals surface area (Å²) in [7, 11) is 0. The molecule has 166 valence electrons. The molecule has 2 amide bonds. The molecule has 2 aliphatic heterocycles. The van der Waals surface area contributed by atoms with Gasteiger partial charge in [-0.2, -0.15) is 0 Å². The molecule has 5 nitrogen and oxygen atoms in total. The van der Waals surface area contributed by atoms with Crippen molar-refractivity contribution in [2.45, 2.75) is 25.2 Å². The van der Waals surface area contributed by atoms with Crippen LogP contribution in [0.1, 0.15) is 39.6 Å². The Kier molecular flexibility index (Phi) is 6.23. The van der Waals surface area contributed by atoms with Crippen molar-refractivity contribution in [1.82, 2.24) is 9.80 Å². The van der Waals surface area contributed by atoms with Crippen LogP contribution in [0.3, 0.4) is 0 Å². The van der Waals surface area contributed by atoms with E-state index in [2.05, 4.69) is 24.3 Å². The van der Waals surface area contributed by atoms with Gasteiger partial charge in [-0.3, -0.25) is 9.59 Å². The van der Waals surface area contributed by atoms with Crippen molar-refractivity contribution in [1.29, 1.82) is 0 Å². The highest BCUT2D eigenvalue weighted by Crippen LogP contribution is 2.41. The third-order valence-corrected chi connectivity index (χ3v) is 7.72. The lowest BCUT2D eigenvalue weighted by Crippen LogP contribution is -2.40. The van der Waals surface area contributed by atoms with Crippen molar-refractivity contribution < 1.29 is 14.3 Å². The number of ether oxygens (including phenoxy) is 1. The molecule has 3 heterocycles. The minimum Gasteiger partial charge on any atom is -0.378 e. The zero-order valence-corrected chi connectivity index (χ0v) is 19.0. The fourth-order valence-corrected chi connectivity index (χ4v) is 6.07. The van der Waals surface area contributed by atoms with Gasteiger partial charge < -0.3 is 14.5 Å². The Labute approximate surface area is 192 Å². The van der Waals surface area contributed by atoms with E-state index < -0.39 is 0 Å². The number of rotatable bonds is 5. The van der Waals surface area contributed by atoms with Crippen LogP contribution in [0.15, 0.2) is 54.6 Å². The molecule has 0 saturated carbocycles. The normalized spacial score (nSPS) is 18.9. The second kappa shape index (κ2) is 9.43. The number of likely N-dealkylation sites (tertiary alicyclic amines) is 1. The van der Waals surface area contributed by atoms with Crippen LogP contribution in [0.5, 0.6) is 0 Å².